The molecule has 0 aromatic heterocycles. The highest BCUT2D eigenvalue weighted by molar-refractivity contribution is 4.80. The van der Waals surface area contributed by atoms with Crippen molar-refractivity contribution in [1.82, 2.24) is 15.1 Å². The summed E-state index contributed by atoms with van der Waals surface area (Å²) in [5, 5.41) is 3.60. The van der Waals surface area contributed by atoms with Gasteiger partial charge in [-0.3, -0.25) is 4.90 Å². The number of nitrogens with one attached hydrogen (secondary N) is 1. The Morgan fingerprint density at radius 2 is 1.94 bits per heavy atom. The lowest BCUT2D eigenvalue weighted by Gasteiger charge is -2.38. The van der Waals surface area contributed by atoms with Crippen molar-refractivity contribution in [1.29, 1.82) is 0 Å². The van der Waals surface area contributed by atoms with Crippen LogP contribution in [0.1, 0.15) is 33.1 Å². The maximum atomic E-state index is 3.60. The zero-order chi connectivity index (χ0) is 11.4. The molecule has 16 heavy (non-hydrogen) atoms. The molecular formula is C13H27N3. The van der Waals surface area contributed by atoms with Gasteiger partial charge in [-0.15, -0.1) is 0 Å². The summed E-state index contributed by atoms with van der Waals surface area (Å²) in [7, 11) is 0. The van der Waals surface area contributed by atoms with E-state index in [1.807, 2.05) is 0 Å². The van der Waals surface area contributed by atoms with Crippen LogP contribution in [0.5, 0.6) is 0 Å². The first-order valence-corrected chi connectivity index (χ1v) is 6.95. The van der Waals surface area contributed by atoms with E-state index in [9.17, 15) is 0 Å². The van der Waals surface area contributed by atoms with E-state index in [1.54, 1.807) is 0 Å². The molecule has 2 rings (SSSR count). The lowest BCUT2D eigenvalue weighted by Crippen LogP contribution is -2.53. The van der Waals surface area contributed by atoms with Crippen LogP contribution in [-0.2, 0) is 0 Å². The van der Waals surface area contributed by atoms with Crippen LogP contribution in [0, 0.1) is 5.92 Å². The van der Waals surface area contributed by atoms with Crippen molar-refractivity contribution >= 4 is 0 Å². The van der Waals surface area contributed by atoms with Crippen molar-refractivity contribution in [3.63, 3.8) is 0 Å². The van der Waals surface area contributed by atoms with Crippen LogP contribution >= 0.6 is 0 Å². The zero-order valence-corrected chi connectivity index (χ0v) is 10.9. The molecular weight excluding hydrogens is 198 g/mol. The van der Waals surface area contributed by atoms with Gasteiger partial charge < -0.3 is 10.2 Å². The van der Waals surface area contributed by atoms with Gasteiger partial charge in [0, 0.05) is 26.2 Å². The Kier molecular flexibility index (Phi) is 4.62. The minimum atomic E-state index is 0.687. The van der Waals surface area contributed by atoms with Crippen molar-refractivity contribution in [3.05, 3.63) is 0 Å². The molecule has 1 N–H and O–H groups in total. The Balaban J connectivity index is 1.65. The van der Waals surface area contributed by atoms with E-state index in [1.165, 1.54) is 58.5 Å². The summed E-state index contributed by atoms with van der Waals surface area (Å²) in [6.45, 7) is 12.2. The van der Waals surface area contributed by atoms with Gasteiger partial charge in [0.1, 0.15) is 0 Å². The molecule has 94 valence electrons. The molecule has 0 aliphatic carbocycles. The first-order chi connectivity index (χ1) is 7.75. The second-order valence-corrected chi connectivity index (χ2v) is 5.67. The number of piperazine rings is 1. The van der Waals surface area contributed by atoms with Gasteiger partial charge in [-0.2, -0.15) is 0 Å². The standard InChI is InChI=1S/C13H27N3/c1-12(2)5-7-15-8-10-16(11-9-15)13-4-3-6-14-13/h12-14H,3-11H2,1-2H3. The molecule has 1 unspecified atom stereocenters. The second kappa shape index (κ2) is 5.99. The van der Waals surface area contributed by atoms with Crippen LogP contribution in [0.15, 0.2) is 0 Å². The van der Waals surface area contributed by atoms with Crippen molar-refractivity contribution in [2.45, 2.75) is 39.3 Å². The first-order valence-electron chi connectivity index (χ1n) is 6.95. The van der Waals surface area contributed by atoms with Crippen LogP contribution in [0.2, 0.25) is 0 Å². The maximum absolute atomic E-state index is 3.60. The fourth-order valence-electron chi connectivity index (χ4n) is 2.72. The van der Waals surface area contributed by atoms with E-state index < -0.39 is 0 Å². The van der Waals surface area contributed by atoms with Gasteiger partial charge in [0.05, 0.1) is 6.17 Å². The van der Waals surface area contributed by atoms with Crippen LogP contribution in [0.4, 0.5) is 0 Å². The number of hydrogen-bond donors (Lipinski definition) is 1. The summed E-state index contributed by atoms with van der Waals surface area (Å²) in [6, 6.07) is 0. The fourth-order valence-corrected chi connectivity index (χ4v) is 2.72. The number of nitrogens with zero attached hydrogens (tertiary/aromatic N) is 2. The van der Waals surface area contributed by atoms with Crippen molar-refractivity contribution < 1.29 is 0 Å². The second-order valence-electron chi connectivity index (χ2n) is 5.67. The van der Waals surface area contributed by atoms with Gasteiger partial charge in [-0.05, 0) is 38.3 Å². The quantitative estimate of drug-likeness (QED) is 0.779. The Morgan fingerprint density at radius 3 is 2.50 bits per heavy atom. The van der Waals surface area contributed by atoms with Crippen LogP contribution in [0.25, 0.3) is 0 Å². The summed E-state index contributed by atoms with van der Waals surface area (Å²) < 4.78 is 0. The van der Waals surface area contributed by atoms with Crippen molar-refractivity contribution in [2.24, 2.45) is 5.92 Å². The van der Waals surface area contributed by atoms with E-state index in [0.29, 0.717) is 6.17 Å². The minimum absolute atomic E-state index is 0.687. The molecule has 0 aromatic rings. The third-order valence-electron chi connectivity index (χ3n) is 3.90. The van der Waals surface area contributed by atoms with Crippen LogP contribution < -0.4 is 5.32 Å². The SMILES string of the molecule is CC(C)CCN1CCN(C2CCCN2)CC1. The molecule has 2 saturated heterocycles. The molecule has 0 radical (unpaired) electrons. The van der Waals surface area contributed by atoms with Gasteiger partial charge in [-0.25, -0.2) is 0 Å². The normalized spacial score (nSPS) is 29.1. The smallest absolute Gasteiger partial charge is 0.0598 e. The topological polar surface area (TPSA) is 18.5 Å². The Labute approximate surface area is 100 Å². The fraction of sp³-hybridized carbons (Fsp3) is 1.00. The lowest BCUT2D eigenvalue weighted by atomic mass is 10.1. The third-order valence-corrected chi connectivity index (χ3v) is 3.90. The van der Waals surface area contributed by atoms with E-state index in [2.05, 4.69) is 29.0 Å². The van der Waals surface area contributed by atoms with Crippen molar-refractivity contribution in [2.75, 3.05) is 39.3 Å². The molecule has 2 aliphatic rings. The molecule has 0 amide bonds. The number of hydrogen-bond acceptors (Lipinski definition) is 3. The summed E-state index contributed by atoms with van der Waals surface area (Å²) in [4.78, 5) is 5.27. The monoisotopic (exact) mass is 225 g/mol. The molecule has 2 aliphatic heterocycles. The highest BCUT2D eigenvalue weighted by atomic mass is 15.3. The average Bonchev–Trinajstić information content (AvgIpc) is 2.80. The van der Waals surface area contributed by atoms with E-state index in [0.717, 1.165) is 5.92 Å². The molecule has 2 heterocycles. The van der Waals surface area contributed by atoms with Gasteiger partial charge in [-0.1, -0.05) is 13.8 Å². The number of rotatable bonds is 4. The molecule has 0 bridgehead atoms. The predicted octanol–water partition coefficient (Wildman–Crippen LogP) is 1.36. The molecule has 3 nitrogen and oxygen atoms in total. The largest absolute Gasteiger partial charge is 0.302 e. The lowest BCUT2D eigenvalue weighted by molar-refractivity contribution is 0.0870. The highest BCUT2D eigenvalue weighted by Gasteiger charge is 2.25. The van der Waals surface area contributed by atoms with E-state index >= 15 is 0 Å². The van der Waals surface area contributed by atoms with Crippen LogP contribution in [-0.4, -0.2) is 55.2 Å². The van der Waals surface area contributed by atoms with Crippen molar-refractivity contribution in [3.8, 4) is 0 Å². The summed E-state index contributed by atoms with van der Waals surface area (Å²) in [5.41, 5.74) is 0. The summed E-state index contributed by atoms with van der Waals surface area (Å²) >= 11 is 0. The highest BCUT2D eigenvalue weighted by Crippen LogP contribution is 2.13. The molecule has 2 fully saturated rings. The van der Waals surface area contributed by atoms with Gasteiger partial charge >= 0.3 is 0 Å². The van der Waals surface area contributed by atoms with Gasteiger partial charge in [0.25, 0.3) is 0 Å². The third kappa shape index (κ3) is 3.44. The first kappa shape index (κ1) is 12.3. The van der Waals surface area contributed by atoms with E-state index in [4.69, 9.17) is 0 Å². The molecule has 0 spiro atoms. The molecule has 0 saturated carbocycles. The van der Waals surface area contributed by atoms with E-state index in [-0.39, 0.29) is 0 Å². The predicted molar refractivity (Wildman–Crippen MR) is 68.5 cm³/mol. The Hall–Kier alpha value is -0.120. The molecule has 1 atom stereocenters. The molecule has 3 heteroatoms. The minimum Gasteiger partial charge on any atom is -0.302 e. The maximum Gasteiger partial charge on any atom is 0.0598 e. The van der Waals surface area contributed by atoms with Gasteiger partial charge in [0.15, 0.2) is 0 Å². The zero-order valence-electron chi connectivity index (χ0n) is 10.9. The summed E-state index contributed by atoms with van der Waals surface area (Å²) in [5.74, 6) is 0.842. The Morgan fingerprint density at radius 1 is 1.19 bits per heavy atom. The summed E-state index contributed by atoms with van der Waals surface area (Å²) in [6.07, 6.45) is 4.75. The Bertz CT molecular complexity index is 191. The average molecular weight is 225 g/mol. The molecule has 0 aromatic carbocycles. The van der Waals surface area contributed by atoms with Crippen LogP contribution in [0.3, 0.4) is 0 Å². The van der Waals surface area contributed by atoms with Gasteiger partial charge in [0.2, 0.25) is 0 Å².